The van der Waals surface area contributed by atoms with E-state index in [0.717, 1.165) is 16.8 Å². The van der Waals surface area contributed by atoms with Crippen molar-refractivity contribution in [2.75, 3.05) is 18.4 Å². The molecule has 0 unspecified atom stereocenters. The Labute approximate surface area is 181 Å². The molecule has 2 aromatic heterocycles. The molecule has 158 valence electrons. The third-order valence-electron chi connectivity index (χ3n) is 4.37. The van der Waals surface area contributed by atoms with Gasteiger partial charge in [0, 0.05) is 25.5 Å². The zero-order valence-electron chi connectivity index (χ0n) is 17.3. The minimum Gasteiger partial charge on any atom is -0.444 e. The summed E-state index contributed by atoms with van der Waals surface area (Å²) in [5.74, 6) is 0.278. The van der Waals surface area contributed by atoms with E-state index in [1.54, 1.807) is 23.2 Å². The molecule has 0 fully saturated rings. The molecule has 3 rings (SSSR count). The fraction of sp³-hybridized carbons (Fsp3) is 0.364. The van der Waals surface area contributed by atoms with E-state index >= 15 is 0 Å². The van der Waals surface area contributed by atoms with Crippen LogP contribution in [0.25, 0.3) is 5.57 Å². The monoisotopic (exact) mass is 428 g/mol. The van der Waals surface area contributed by atoms with Crippen LogP contribution in [0.5, 0.6) is 0 Å². The van der Waals surface area contributed by atoms with Gasteiger partial charge in [0.1, 0.15) is 11.4 Å². The topological polar surface area (TPSA) is 84.4 Å². The minimum absolute atomic E-state index is 0.177. The second kappa shape index (κ2) is 9.26. The van der Waals surface area contributed by atoms with E-state index in [1.807, 2.05) is 39.0 Å². The van der Waals surface area contributed by atoms with Gasteiger partial charge < -0.3 is 15.0 Å². The van der Waals surface area contributed by atoms with Gasteiger partial charge in [-0.15, -0.1) is 0 Å². The van der Waals surface area contributed by atoms with Gasteiger partial charge in [-0.25, -0.2) is 9.78 Å². The SMILES string of the molecule is CC(C)(C)OC(=O)N1CC=C(c2ccc(CC(=O)Nc3ccc(Cl)cn3)cn2)CC1. The summed E-state index contributed by atoms with van der Waals surface area (Å²) in [4.78, 5) is 34.6. The maximum absolute atomic E-state index is 12.2. The summed E-state index contributed by atoms with van der Waals surface area (Å²) in [7, 11) is 0. The lowest BCUT2D eigenvalue weighted by molar-refractivity contribution is -0.115. The molecule has 7 nitrogen and oxygen atoms in total. The summed E-state index contributed by atoms with van der Waals surface area (Å²) < 4.78 is 5.41. The summed E-state index contributed by atoms with van der Waals surface area (Å²) in [5, 5.41) is 3.24. The van der Waals surface area contributed by atoms with Crippen LogP contribution in [0, 0.1) is 0 Å². The molecule has 1 aliphatic heterocycles. The van der Waals surface area contributed by atoms with Crippen molar-refractivity contribution in [2.45, 2.75) is 39.2 Å². The summed E-state index contributed by atoms with van der Waals surface area (Å²) in [6, 6.07) is 7.11. The standard InChI is InChI=1S/C22H25ClN4O3/c1-22(2,3)30-21(29)27-10-8-16(9-11-27)18-6-4-15(13-24-18)12-20(28)26-19-7-5-17(23)14-25-19/h4-8,13-14H,9-12H2,1-3H3,(H,25,26,28). The summed E-state index contributed by atoms with van der Waals surface area (Å²) in [5.41, 5.74) is 2.23. The first-order valence-electron chi connectivity index (χ1n) is 9.73. The van der Waals surface area contributed by atoms with Gasteiger partial charge in [0.25, 0.3) is 0 Å². The van der Waals surface area contributed by atoms with E-state index in [0.29, 0.717) is 30.4 Å². The lowest BCUT2D eigenvalue weighted by atomic mass is 10.0. The Morgan fingerprint density at radius 3 is 2.53 bits per heavy atom. The third kappa shape index (κ3) is 6.29. The van der Waals surface area contributed by atoms with Crippen molar-refractivity contribution in [3.8, 4) is 0 Å². The molecular weight excluding hydrogens is 404 g/mol. The van der Waals surface area contributed by atoms with E-state index in [1.165, 1.54) is 6.20 Å². The number of nitrogens with zero attached hydrogens (tertiary/aromatic N) is 3. The molecule has 0 saturated heterocycles. The second-order valence-electron chi connectivity index (χ2n) is 8.04. The van der Waals surface area contributed by atoms with Crippen LogP contribution < -0.4 is 5.32 Å². The molecule has 0 saturated carbocycles. The average molecular weight is 429 g/mol. The molecule has 0 aliphatic carbocycles. The Morgan fingerprint density at radius 2 is 1.97 bits per heavy atom. The van der Waals surface area contributed by atoms with Gasteiger partial charge in [-0.3, -0.25) is 9.78 Å². The smallest absolute Gasteiger partial charge is 0.410 e. The quantitative estimate of drug-likeness (QED) is 0.783. The van der Waals surface area contributed by atoms with Crippen molar-refractivity contribution in [1.29, 1.82) is 0 Å². The average Bonchev–Trinajstić information content (AvgIpc) is 2.69. The Balaban J connectivity index is 1.55. The van der Waals surface area contributed by atoms with Crippen molar-refractivity contribution in [3.63, 3.8) is 0 Å². The number of carbonyl (C=O) groups excluding carboxylic acids is 2. The molecule has 30 heavy (non-hydrogen) atoms. The molecule has 1 aliphatic rings. The normalized spacial score (nSPS) is 14.1. The predicted octanol–water partition coefficient (Wildman–Crippen LogP) is 4.34. The number of carbonyl (C=O) groups is 2. The maximum atomic E-state index is 12.2. The van der Waals surface area contributed by atoms with Crippen LogP contribution in [0.3, 0.4) is 0 Å². The number of hydrogen-bond donors (Lipinski definition) is 1. The maximum Gasteiger partial charge on any atom is 0.410 e. The van der Waals surface area contributed by atoms with Crippen LogP contribution in [0.2, 0.25) is 5.02 Å². The van der Waals surface area contributed by atoms with Crippen molar-refractivity contribution in [1.82, 2.24) is 14.9 Å². The highest BCUT2D eigenvalue weighted by atomic mass is 35.5. The number of halogens is 1. The lowest BCUT2D eigenvalue weighted by Crippen LogP contribution is -2.39. The fourth-order valence-electron chi connectivity index (χ4n) is 2.94. The van der Waals surface area contributed by atoms with E-state index in [4.69, 9.17) is 16.3 Å². The van der Waals surface area contributed by atoms with Gasteiger partial charge in [-0.2, -0.15) is 0 Å². The van der Waals surface area contributed by atoms with Crippen LogP contribution in [-0.2, 0) is 16.0 Å². The van der Waals surface area contributed by atoms with Crippen LogP contribution >= 0.6 is 11.6 Å². The highest BCUT2D eigenvalue weighted by molar-refractivity contribution is 6.30. The van der Waals surface area contributed by atoms with Gasteiger partial charge in [-0.05, 0) is 56.5 Å². The van der Waals surface area contributed by atoms with Gasteiger partial charge in [-0.1, -0.05) is 23.7 Å². The summed E-state index contributed by atoms with van der Waals surface area (Å²) in [6.45, 7) is 6.64. The number of pyridine rings is 2. The van der Waals surface area contributed by atoms with Crippen molar-refractivity contribution in [3.05, 3.63) is 59.0 Å². The van der Waals surface area contributed by atoms with Crippen molar-refractivity contribution < 1.29 is 14.3 Å². The molecule has 1 N–H and O–H groups in total. The van der Waals surface area contributed by atoms with E-state index in [2.05, 4.69) is 15.3 Å². The van der Waals surface area contributed by atoms with E-state index in [-0.39, 0.29) is 18.4 Å². The molecule has 2 amide bonds. The van der Waals surface area contributed by atoms with E-state index in [9.17, 15) is 9.59 Å². The van der Waals surface area contributed by atoms with Gasteiger partial charge >= 0.3 is 6.09 Å². The number of rotatable bonds is 4. The van der Waals surface area contributed by atoms with Gasteiger partial charge in [0.05, 0.1) is 17.1 Å². The first-order chi connectivity index (χ1) is 14.2. The Bertz CT molecular complexity index is 934. The van der Waals surface area contributed by atoms with Crippen molar-refractivity contribution in [2.24, 2.45) is 0 Å². The number of ether oxygens (including phenoxy) is 1. The predicted molar refractivity (Wildman–Crippen MR) is 116 cm³/mol. The highest BCUT2D eigenvalue weighted by Gasteiger charge is 2.24. The summed E-state index contributed by atoms with van der Waals surface area (Å²) in [6.07, 6.45) is 5.77. The van der Waals surface area contributed by atoms with Gasteiger partial charge in [0.2, 0.25) is 5.91 Å². The number of aromatic nitrogens is 2. The lowest BCUT2D eigenvalue weighted by Gasteiger charge is -2.29. The number of hydrogen-bond acceptors (Lipinski definition) is 5. The Hall–Kier alpha value is -2.93. The molecular formula is C22H25ClN4O3. The van der Waals surface area contributed by atoms with E-state index < -0.39 is 5.60 Å². The van der Waals surface area contributed by atoms with Gasteiger partial charge in [0.15, 0.2) is 0 Å². The highest BCUT2D eigenvalue weighted by Crippen LogP contribution is 2.22. The number of anilines is 1. The van der Waals surface area contributed by atoms with Crippen LogP contribution in [0.15, 0.2) is 42.7 Å². The Morgan fingerprint density at radius 1 is 1.17 bits per heavy atom. The van der Waals surface area contributed by atoms with Crippen LogP contribution in [0.1, 0.15) is 38.4 Å². The minimum atomic E-state index is -0.506. The largest absolute Gasteiger partial charge is 0.444 e. The van der Waals surface area contributed by atoms with Crippen molar-refractivity contribution >= 4 is 35.0 Å². The zero-order valence-corrected chi connectivity index (χ0v) is 18.1. The molecule has 0 spiro atoms. The molecule has 0 bridgehead atoms. The number of amides is 2. The number of nitrogens with one attached hydrogen (secondary N) is 1. The molecule has 3 heterocycles. The Kier molecular flexibility index (Phi) is 6.72. The molecule has 0 radical (unpaired) electrons. The zero-order chi connectivity index (χ0) is 21.7. The van der Waals surface area contributed by atoms with Crippen LogP contribution in [-0.4, -0.2) is 45.6 Å². The molecule has 0 atom stereocenters. The third-order valence-corrected chi connectivity index (χ3v) is 4.60. The molecule has 2 aromatic rings. The first kappa shape index (κ1) is 21.8. The van der Waals surface area contributed by atoms with Crippen LogP contribution in [0.4, 0.5) is 10.6 Å². The second-order valence-corrected chi connectivity index (χ2v) is 8.48. The first-order valence-corrected chi connectivity index (χ1v) is 10.1. The summed E-state index contributed by atoms with van der Waals surface area (Å²) >= 11 is 5.79. The molecule has 0 aromatic carbocycles. The molecule has 8 heteroatoms. The fourth-order valence-corrected chi connectivity index (χ4v) is 3.05.